The zero-order valence-corrected chi connectivity index (χ0v) is 11.1. The summed E-state index contributed by atoms with van der Waals surface area (Å²) in [6.07, 6.45) is 2.08. The number of hydrogen-bond acceptors (Lipinski definition) is 5. The zero-order chi connectivity index (χ0) is 14.7. The van der Waals surface area contributed by atoms with E-state index in [0.717, 1.165) is 0 Å². The SMILES string of the molecule is COCCc1nc(C(=O)O)c2cc(C(=O)OC)ccn12. The summed E-state index contributed by atoms with van der Waals surface area (Å²) in [4.78, 5) is 26.8. The minimum absolute atomic E-state index is 0.0955. The van der Waals surface area contributed by atoms with Crippen LogP contribution in [0.15, 0.2) is 18.3 Å². The number of nitrogens with zero attached hydrogens (tertiary/aromatic N) is 2. The van der Waals surface area contributed by atoms with E-state index >= 15 is 0 Å². The summed E-state index contributed by atoms with van der Waals surface area (Å²) in [5.41, 5.74) is 0.536. The van der Waals surface area contributed by atoms with Crippen molar-refractivity contribution >= 4 is 17.5 Å². The van der Waals surface area contributed by atoms with Crippen molar-refractivity contribution in [1.82, 2.24) is 9.38 Å². The van der Waals surface area contributed by atoms with Gasteiger partial charge >= 0.3 is 11.9 Å². The summed E-state index contributed by atoms with van der Waals surface area (Å²) >= 11 is 0. The van der Waals surface area contributed by atoms with Crippen molar-refractivity contribution in [1.29, 1.82) is 0 Å². The molecule has 2 heterocycles. The number of carbonyl (C=O) groups is 2. The monoisotopic (exact) mass is 278 g/mol. The van der Waals surface area contributed by atoms with Crippen LogP contribution in [0.1, 0.15) is 26.7 Å². The standard InChI is InChI=1S/C13H14N2O5/c1-19-6-4-10-14-11(12(16)17)9-7-8(13(18)20-2)3-5-15(9)10/h3,5,7H,4,6H2,1-2H3,(H,16,17). The third-order valence-corrected chi connectivity index (χ3v) is 2.87. The number of rotatable bonds is 5. The topological polar surface area (TPSA) is 90.1 Å². The Morgan fingerprint density at radius 3 is 2.75 bits per heavy atom. The van der Waals surface area contributed by atoms with Crippen LogP contribution in [-0.4, -0.2) is 47.3 Å². The molecular weight excluding hydrogens is 264 g/mol. The Labute approximate surface area is 114 Å². The molecule has 7 nitrogen and oxygen atoms in total. The molecule has 1 N–H and O–H groups in total. The molecule has 2 aromatic heterocycles. The van der Waals surface area contributed by atoms with Gasteiger partial charge in [-0.2, -0.15) is 0 Å². The molecule has 7 heteroatoms. The van der Waals surface area contributed by atoms with Crippen LogP contribution in [0.2, 0.25) is 0 Å². The molecule has 0 saturated heterocycles. The molecule has 20 heavy (non-hydrogen) atoms. The number of pyridine rings is 1. The number of carboxylic acids is 1. The van der Waals surface area contributed by atoms with E-state index in [4.69, 9.17) is 4.74 Å². The smallest absolute Gasteiger partial charge is 0.356 e. The van der Waals surface area contributed by atoms with E-state index in [0.29, 0.717) is 24.4 Å². The lowest BCUT2D eigenvalue weighted by Crippen LogP contribution is -2.04. The first kappa shape index (κ1) is 14.0. The van der Waals surface area contributed by atoms with Crippen molar-refractivity contribution in [3.63, 3.8) is 0 Å². The van der Waals surface area contributed by atoms with Crippen molar-refractivity contribution < 1.29 is 24.2 Å². The number of fused-ring (bicyclic) bond motifs is 1. The number of ether oxygens (including phenoxy) is 2. The van der Waals surface area contributed by atoms with Gasteiger partial charge < -0.3 is 19.0 Å². The van der Waals surface area contributed by atoms with Gasteiger partial charge in [0.25, 0.3) is 0 Å². The fraction of sp³-hybridized carbons (Fsp3) is 0.308. The number of carbonyl (C=O) groups excluding carboxylic acids is 1. The average molecular weight is 278 g/mol. The Morgan fingerprint density at radius 2 is 2.15 bits per heavy atom. The van der Waals surface area contributed by atoms with Crippen LogP contribution in [0.3, 0.4) is 0 Å². The molecule has 0 amide bonds. The van der Waals surface area contributed by atoms with Crippen LogP contribution < -0.4 is 0 Å². The van der Waals surface area contributed by atoms with Gasteiger partial charge in [-0.25, -0.2) is 14.6 Å². The lowest BCUT2D eigenvalue weighted by Gasteiger charge is -2.03. The number of aromatic nitrogens is 2. The van der Waals surface area contributed by atoms with Crippen LogP contribution in [0.5, 0.6) is 0 Å². The van der Waals surface area contributed by atoms with Gasteiger partial charge in [0.05, 0.1) is 24.8 Å². The maximum Gasteiger partial charge on any atom is 0.356 e. The minimum atomic E-state index is -1.15. The van der Waals surface area contributed by atoms with Gasteiger partial charge in [0.15, 0.2) is 5.69 Å². The summed E-state index contributed by atoms with van der Waals surface area (Å²) in [6, 6.07) is 3.01. The normalized spacial score (nSPS) is 10.7. The van der Waals surface area contributed by atoms with Gasteiger partial charge in [0.1, 0.15) is 5.82 Å². The second-order valence-electron chi connectivity index (χ2n) is 4.09. The summed E-state index contributed by atoms with van der Waals surface area (Å²) < 4.78 is 11.2. The number of imidazole rings is 1. The predicted octanol–water partition coefficient (Wildman–Crippen LogP) is 1.01. The van der Waals surface area contributed by atoms with Gasteiger partial charge in [0, 0.05) is 19.7 Å². The number of hydrogen-bond donors (Lipinski definition) is 1. The Morgan fingerprint density at radius 1 is 1.40 bits per heavy atom. The highest BCUT2D eigenvalue weighted by molar-refractivity contribution is 5.96. The van der Waals surface area contributed by atoms with E-state index in [1.54, 1.807) is 23.8 Å². The Kier molecular flexibility index (Phi) is 3.99. The summed E-state index contributed by atoms with van der Waals surface area (Å²) in [6.45, 7) is 0.428. The minimum Gasteiger partial charge on any atom is -0.476 e. The molecule has 2 rings (SSSR count). The Hall–Kier alpha value is -2.41. The highest BCUT2D eigenvalue weighted by atomic mass is 16.5. The van der Waals surface area contributed by atoms with Crippen molar-refractivity contribution in [2.45, 2.75) is 6.42 Å². The van der Waals surface area contributed by atoms with Gasteiger partial charge in [-0.1, -0.05) is 0 Å². The van der Waals surface area contributed by atoms with Crippen molar-refractivity contribution in [3.05, 3.63) is 35.4 Å². The number of carboxylic acid groups (broad SMARTS) is 1. The fourth-order valence-electron chi connectivity index (χ4n) is 1.92. The summed E-state index contributed by atoms with van der Waals surface area (Å²) in [5.74, 6) is -1.10. The maximum atomic E-state index is 11.5. The summed E-state index contributed by atoms with van der Waals surface area (Å²) in [5, 5.41) is 9.19. The number of methoxy groups -OCH3 is 2. The Bertz CT molecular complexity index is 662. The number of aromatic carboxylic acids is 1. The molecule has 0 atom stereocenters. The molecule has 0 radical (unpaired) electrons. The van der Waals surface area contributed by atoms with Crippen LogP contribution in [0.25, 0.3) is 5.52 Å². The quantitative estimate of drug-likeness (QED) is 0.821. The van der Waals surface area contributed by atoms with Crippen LogP contribution in [0.4, 0.5) is 0 Å². The van der Waals surface area contributed by atoms with Crippen LogP contribution in [-0.2, 0) is 15.9 Å². The molecule has 0 unspecified atom stereocenters. The first-order valence-electron chi connectivity index (χ1n) is 5.90. The molecule has 0 spiro atoms. The van der Waals surface area contributed by atoms with Crippen molar-refractivity contribution in [2.75, 3.05) is 20.8 Å². The van der Waals surface area contributed by atoms with Gasteiger partial charge in [-0.05, 0) is 12.1 Å². The molecule has 0 aliphatic rings. The van der Waals surface area contributed by atoms with Crippen molar-refractivity contribution in [2.24, 2.45) is 0 Å². The van der Waals surface area contributed by atoms with Gasteiger partial charge in [-0.3, -0.25) is 0 Å². The average Bonchev–Trinajstić information content (AvgIpc) is 2.82. The van der Waals surface area contributed by atoms with E-state index in [2.05, 4.69) is 9.72 Å². The molecule has 0 aromatic carbocycles. The first-order valence-corrected chi connectivity index (χ1v) is 5.90. The largest absolute Gasteiger partial charge is 0.476 e. The number of esters is 1. The van der Waals surface area contributed by atoms with E-state index < -0.39 is 11.9 Å². The molecule has 0 fully saturated rings. The van der Waals surface area contributed by atoms with Crippen molar-refractivity contribution in [3.8, 4) is 0 Å². The molecule has 2 aromatic rings. The third-order valence-electron chi connectivity index (χ3n) is 2.87. The lowest BCUT2D eigenvalue weighted by atomic mass is 10.2. The van der Waals surface area contributed by atoms with Crippen LogP contribution >= 0.6 is 0 Å². The predicted molar refractivity (Wildman–Crippen MR) is 69.1 cm³/mol. The Balaban J connectivity index is 2.57. The first-order chi connectivity index (χ1) is 9.58. The molecule has 0 bridgehead atoms. The summed E-state index contributed by atoms with van der Waals surface area (Å²) in [7, 11) is 2.83. The van der Waals surface area contributed by atoms with E-state index in [-0.39, 0.29) is 11.3 Å². The zero-order valence-electron chi connectivity index (χ0n) is 11.1. The van der Waals surface area contributed by atoms with E-state index in [1.807, 2.05) is 0 Å². The molecule has 0 saturated carbocycles. The second kappa shape index (κ2) is 5.70. The molecule has 0 aliphatic carbocycles. The lowest BCUT2D eigenvalue weighted by molar-refractivity contribution is 0.0599. The molecule has 0 aliphatic heterocycles. The van der Waals surface area contributed by atoms with Gasteiger partial charge in [0.2, 0.25) is 0 Å². The van der Waals surface area contributed by atoms with Crippen LogP contribution in [0, 0.1) is 0 Å². The molecular formula is C13H14N2O5. The highest BCUT2D eigenvalue weighted by Gasteiger charge is 2.18. The molecule has 106 valence electrons. The van der Waals surface area contributed by atoms with Gasteiger partial charge in [-0.15, -0.1) is 0 Å². The van der Waals surface area contributed by atoms with E-state index in [1.165, 1.54) is 13.2 Å². The maximum absolute atomic E-state index is 11.5. The third kappa shape index (κ3) is 2.48. The van der Waals surface area contributed by atoms with E-state index in [9.17, 15) is 14.7 Å². The second-order valence-corrected chi connectivity index (χ2v) is 4.09. The highest BCUT2D eigenvalue weighted by Crippen LogP contribution is 2.16. The fourth-order valence-corrected chi connectivity index (χ4v) is 1.92.